The fourth-order valence-corrected chi connectivity index (χ4v) is 4.44. The summed E-state index contributed by atoms with van der Waals surface area (Å²) in [7, 11) is 0. The van der Waals surface area contributed by atoms with E-state index in [4.69, 9.17) is 4.42 Å². The molecule has 5 nitrogen and oxygen atoms in total. The maximum Gasteiger partial charge on any atom is 0.287 e. The minimum atomic E-state index is -0.272. The summed E-state index contributed by atoms with van der Waals surface area (Å²) in [6.07, 6.45) is 0. The SMILES string of the molecule is O=C(NC(c1ccccc1)c1ccccc1)c1ccc(CSc2ccc(-c3ccccc3)nn2)o1. The molecule has 5 aromatic rings. The standard InChI is InChI=1S/C29H23N3O2S/c33-29(30-28(22-12-6-2-7-13-22)23-14-8-3-9-15-23)26-18-16-24(34-26)20-35-27-19-17-25(31-32-27)21-10-4-1-5-11-21/h1-19,28H,20H2,(H,30,33). The van der Waals surface area contributed by atoms with Gasteiger partial charge >= 0.3 is 0 Å². The molecule has 0 aliphatic heterocycles. The van der Waals surface area contributed by atoms with Gasteiger partial charge in [0.1, 0.15) is 10.8 Å². The number of amides is 1. The van der Waals surface area contributed by atoms with Gasteiger partial charge in [-0.25, -0.2) is 0 Å². The zero-order valence-electron chi connectivity index (χ0n) is 18.9. The van der Waals surface area contributed by atoms with Gasteiger partial charge in [-0.2, -0.15) is 0 Å². The van der Waals surface area contributed by atoms with Crippen LogP contribution in [0.25, 0.3) is 11.3 Å². The number of hydrogen-bond acceptors (Lipinski definition) is 5. The highest BCUT2D eigenvalue weighted by molar-refractivity contribution is 7.98. The first-order valence-corrected chi connectivity index (χ1v) is 12.3. The van der Waals surface area contributed by atoms with Crippen molar-refractivity contribution in [1.29, 1.82) is 0 Å². The van der Waals surface area contributed by atoms with Gasteiger partial charge in [-0.1, -0.05) is 103 Å². The number of rotatable bonds is 8. The Labute approximate surface area is 208 Å². The summed E-state index contributed by atoms with van der Waals surface area (Å²) >= 11 is 1.51. The number of furan rings is 1. The normalized spacial score (nSPS) is 10.9. The summed E-state index contributed by atoms with van der Waals surface area (Å²) in [5, 5.41) is 12.5. The molecule has 0 aliphatic carbocycles. The topological polar surface area (TPSA) is 68.0 Å². The van der Waals surface area contributed by atoms with Crippen molar-refractivity contribution in [2.75, 3.05) is 0 Å². The van der Waals surface area contributed by atoms with E-state index in [1.807, 2.05) is 109 Å². The molecule has 5 rings (SSSR count). The molecule has 2 aromatic heterocycles. The lowest BCUT2D eigenvalue weighted by atomic mass is 9.98. The molecule has 6 heteroatoms. The second kappa shape index (κ2) is 10.8. The highest BCUT2D eigenvalue weighted by Crippen LogP contribution is 2.25. The lowest BCUT2D eigenvalue weighted by molar-refractivity contribution is 0.0913. The molecule has 35 heavy (non-hydrogen) atoms. The highest BCUT2D eigenvalue weighted by Gasteiger charge is 2.20. The van der Waals surface area contributed by atoms with Crippen LogP contribution in [0.5, 0.6) is 0 Å². The van der Waals surface area contributed by atoms with Crippen molar-refractivity contribution < 1.29 is 9.21 Å². The Balaban J connectivity index is 1.23. The number of thioether (sulfide) groups is 1. The van der Waals surface area contributed by atoms with E-state index < -0.39 is 0 Å². The zero-order chi connectivity index (χ0) is 23.9. The number of aromatic nitrogens is 2. The molecule has 0 fully saturated rings. The summed E-state index contributed by atoms with van der Waals surface area (Å²) in [4.78, 5) is 13.0. The lowest BCUT2D eigenvalue weighted by Gasteiger charge is -2.19. The minimum Gasteiger partial charge on any atom is -0.455 e. The highest BCUT2D eigenvalue weighted by atomic mass is 32.2. The zero-order valence-corrected chi connectivity index (χ0v) is 19.7. The first-order chi connectivity index (χ1) is 17.3. The minimum absolute atomic E-state index is 0.258. The molecule has 1 amide bonds. The van der Waals surface area contributed by atoms with E-state index in [-0.39, 0.29) is 17.7 Å². The van der Waals surface area contributed by atoms with Crippen LogP contribution >= 0.6 is 11.8 Å². The number of hydrogen-bond donors (Lipinski definition) is 1. The van der Waals surface area contributed by atoms with Crippen molar-refractivity contribution in [3.63, 3.8) is 0 Å². The van der Waals surface area contributed by atoms with E-state index in [0.717, 1.165) is 27.4 Å². The molecule has 0 spiro atoms. The van der Waals surface area contributed by atoms with Crippen molar-refractivity contribution in [3.8, 4) is 11.3 Å². The number of carbonyl (C=O) groups is 1. The molecule has 172 valence electrons. The van der Waals surface area contributed by atoms with Crippen molar-refractivity contribution in [3.05, 3.63) is 138 Å². The van der Waals surface area contributed by atoms with Crippen LogP contribution in [0.15, 0.2) is 125 Å². The second-order valence-electron chi connectivity index (χ2n) is 7.91. The van der Waals surface area contributed by atoms with E-state index in [1.165, 1.54) is 11.8 Å². The average Bonchev–Trinajstić information content (AvgIpc) is 3.42. The molecule has 3 aromatic carbocycles. The summed E-state index contributed by atoms with van der Waals surface area (Å²) < 4.78 is 5.85. The third-order valence-corrected chi connectivity index (χ3v) is 6.44. The van der Waals surface area contributed by atoms with E-state index in [0.29, 0.717) is 11.5 Å². The fraction of sp³-hybridized carbons (Fsp3) is 0.0690. The molecule has 0 saturated carbocycles. The van der Waals surface area contributed by atoms with Gasteiger partial charge in [0.25, 0.3) is 5.91 Å². The van der Waals surface area contributed by atoms with Crippen LogP contribution in [0.3, 0.4) is 0 Å². The Morgan fingerprint density at radius 2 is 1.37 bits per heavy atom. The number of carbonyl (C=O) groups excluding carboxylic acids is 1. The van der Waals surface area contributed by atoms with E-state index in [2.05, 4.69) is 15.5 Å². The Kier molecular flexibility index (Phi) is 7.01. The van der Waals surface area contributed by atoms with Crippen LogP contribution in [0.1, 0.15) is 33.5 Å². The molecule has 0 saturated heterocycles. The van der Waals surface area contributed by atoms with Crippen LogP contribution in [0, 0.1) is 0 Å². The van der Waals surface area contributed by atoms with Gasteiger partial charge in [0.15, 0.2) is 5.76 Å². The lowest BCUT2D eigenvalue weighted by Crippen LogP contribution is -2.29. The van der Waals surface area contributed by atoms with Crippen molar-refractivity contribution in [1.82, 2.24) is 15.5 Å². The van der Waals surface area contributed by atoms with Crippen molar-refractivity contribution >= 4 is 17.7 Å². The summed E-state index contributed by atoms with van der Waals surface area (Å²) in [5.41, 5.74) is 3.87. The van der Waals surface area contributed by atoms with Crippen LogP contribution in [0.4, 0.5) is 0 Å². The molecule has 0 atom stereocenters. The molecule has 1 N–H and O–H groups in total. The molecular formula is C29H23N3O2S. The monoisotopic (exact) mass is 477 g/mol. The molecule has 0 bridgehead atoms. The summed E-state index contributed by atoms with van der Waals surface area (Å²) in [5.74, 6) is 1.27. The Morgan fingerprint density at radius 1 is 0.743 bits per heavy atom. The Hall–Kier alpha value is -4.16. The van der Waals surface area contributed by atoms with Gasteiger partial charge < -0.3 is 9.73 Å². The third kappa shape index (κ3) is 5.67. The largest absolute Gasteiger partial charge is 0.455 e. The van der Waals surface area contributed by atoms with Gasteiger partial charge in [0.2, 0.25) is 0 Å². The van der Waals surface area contributed by atoms with Gasteiger partial charge in [0, 0.05) is 5.56 Å². The second-order valence-corrected chi connectivity index (χ2v) is 8.90. The van der Waals surface area contributed by atoms with Crippen molar-refractivity contribution in [2.45, 2.75) is 16.8 Å². The average molecular weight is 478 g/mol. The number of benzene rings is 3. The van der Waals surface area contributed by atoms with E-state index in [1.54, 1.807) is 6.07 Å². The Bertz CT molecular complexity index is 1330. The summed E-state index contributed by atoms with van der Waals surface area (Å²) in [6, 6.07) is 36.9. The van der Waals surface area contributed by atoms with Crippen LogP contribution in [-0.4, -0.2) is 16.1 Å². The molecule has 0 aliphatic rings. The Morgan fingerprint density at radius 3 is 1.97 bits per heavy atom. The fourth-order valence-electron chi connectivity index (χ4n) is 3.73. The van der Waals surface area contributed by atoms with Gasteiger partial charge in [0.05, 0.1) is 17.5 Å². The number of nitrogens with zero attached hydrogens (tertiary/aromatic N) is 2. The molecule has 2 heterocycles. The van der Waals surface area contributed by atoms with E-state index >= 15 is 0 Å². The maximum absolute atomic E-state index is 13.0. The van der Waals surface area contributed by atoms with Gasteiger partial charge in [-0.3, -0.25) is 4.79 Å². The summed E-state index contributed by atoms with van der Waals surface area (Å²) in [6.45, 7) is 0. The van der Waals surface area contributed by atoms with E-state index in [9.17, 15) is 4.79 Å². The number of nitrogens with one attached hydrogen (secondary N) is 1. The predicted octanol–water partition coefficient (Wildman–Crippen LogP) is 6.55. The first kappa shape index (κ1) is 22.6. The maximum atomic E-state index is 13.0. The molecule has 0 unspecified atom stereocenters. The third-order valence-electron chi connectivity index (χ3n) is 5.50. The molecule has 0 radical (unpaired) electrons. The van der Waals surface area contributed by atoms with Crippen LogP contribution < -0.4 is 5.32 Å². The van der Waals surface area contributed by atoms with Gasteiger partial charge in [-0.15, -0.1) is 10.2 Å². The van der Waals surface area contributed by atoms with Crippen LogP contribution in [0.2, 0.25) is 0 Å². The predicted molar refractivity (Wildman–Crippen MR) is 138 cm³/mol. The van der Waals surface area contributed by atoms with Crippen molar-refractivity contribution in [2.24, 2.45) is 0 Å². The van der Waals surface area contributed by atoms with Gasteiger partial charge in [-0.05, 0) is 35.4 Å². The smallest absolute Gasteiger partial charge is 0.287 e. The van der Waals surface area contributed by atoms with Crippen LogP contribution in [-0.2, 0) is 5.75 Å². The molecular weight excluding hydrogens is 454 g/mol. The quantitative estimate of drug-likeness (QED) is 0.257. The first-order valence-electron chi connectivity index (χ1n) is 11.3.